The zero-order chi connectivity index (χ0) is 17.4. The van der Waals surface area contributed by atoms with Crippen LogP contribution in [-0.2, 0) is 11.3 Å². The molecule has 0 bridgehead atoms. The molecule has 0 spiro atoms. The van der Waals surface area contributed by atoms with Crippen LogP contribution in [0.2, 0.25) is 0 Å². The van der Waals surface area contributed by atoms with Crippen LogP contribution in [0.1, 0.15) is 5.56 Å². The number of amides is 1. The number of aromatic nitrogens is 3. The Bertz CT molecular complexity index is 1160. The van der Waals surface area contributed by atoms with Crippen LogP contribution in [0.15, 0.2) is 59.8 Å². The fraction of sp³-hybridized carbons (Fsp3) is 0.105. The Hall–Kier alpha value is -3.41. The molecule has 0 fully saturated rings. The second kappa shape index (κ2) is 5.90. The van der Waals surface area contributed by atoms with Crippen molar-refractivity contribution in [2.75, 3.05) is 5.32 Å². The number of hydrogen-bond donors (Lipinski definition) is 2. The van der Waals surface area contributed by atoms with Gasteiger partial charge in [-0.25, -0.2) is 4.98 Å². The van der Waals surface area contributed by atoms with Gasteiger partial charge in [0, 0.05) is 17.1 Å². The monoisotopic (exact) mass is 332 g/mol. The van der Waals surface area contributed by atoms with Gasteiger partial charge in [-0.1, -0.05) is 18.2 Å². The van der Waals surface area contributed by atoms with Gasteiger partial charge in [-0.05, 0) is 36.8 Å². The molecule has 0 atom stereocenters. The first-order valence-corrected chi connectivity index (χ1v) is 7.94. The number of para-hydroxylation sites is 1. The number of benzene rings is 2. The Morgan fingerprint density at radius 3 is 2.88 bits per heavy atom. The first-order valence-electron chi connectivity index (χ1n) is 7.94. The highest BCUT2D eigenvalue weighted by Crippen LogP contribution is 2.22. The second-order valence-electron chi connectivity index (χ2n) is 5.94. The molecular formula is C19H16N4O2. The van der Waals surface area contributed by atoms with Gasteiger partial charge in [0.1, 0.15) is 6.54 Å². The average molecular weight is 332 g/mol. The Labute approximate surface area is 143 Å². The highest BCUT2D eigenvalue weighted by atomic mass is 16.2. The summed E-state index contributed by atoms with van der Waals surface area (Å²) in [5, 5.41) is 4.30. The van der Waals surface area contributed by atoms with Crippen LogP contribution in [0, 0.1) is 6.92 Å². The Kier molecular flexibility index (Phi) is 3.57. The summed E-state index contributed by atoms with van der Waals surface area (Å²) in [7, 11) is 0. The van der Waals surface area contributed by atoms with Gasteiger partial charge >= 0.3 is 0 Å². The lowest BCUT2D eigenvalue weighted by molar-refractivity contribution is -0.116. The quantitative estimate of drug-likeness (QED) is 0.605. The Morgan fingerprint density at radius 1 is 1.16 bits per heavy atom. The number of nitrogens with zero attached hydrogens (tertiary/aromatic N) is 2. The molecule has 0 aliphatic heterocycles. The second-order valence-corrected chi connectivity index (χ2v) is 5.94. The molecular weight excluding hydrogens is 316 g/mol. The van der Waals surface area contributed by atoms with Crippen LogP contribution in [0.3, 0.4) is 0 Å². The van der Waals surface area contributed by atoms with Crippen molar-refractivity contribution in [2.45, 2.75) is 13.5 Å². The summed E-state index contributed by atoms with van der Waals surface area (Å²) >= 11 is 0. The van der Waals surface area contributed by atoms with Gasteiger partial charge in [-0.3, -0.25) is 14.2 Å². The van der Waals surface area contributed by atoms with Crippen LogP contribution in [0.25, 0.3) is 21.8 Å². The van der Waals surface area contributed by atoms with E-state index in [1.165, 1.54) is 10.9 Å². The predicted octanol–water partition coefficient (Wildman–Crippen LogP) is 2.82. The largest absolute Gasteiger partial charge is 0.361 e. The van der Waals surface area contributed by atoms with E-state index in [1.54, 1.807) is 6.07 Å². The number of carbonyl (C=O) groups excluding carboxylic acids is 1. The van der Waals surface area contributed by atoms with E-state index >= 15 is 0 Å². The molecule has 2 heterocycles. The summed E-state index contributed by atoms with van der Waals surface area (Å²) in [6.45, 7) is 1.82. The van der Waals surface area contributed by atoms with Crippen LogP contribution in [0.5, 0.6) is 0 Å². The minimum atomic E-state index is -0.274. The number of aryl methyl sites for hydroxylation is 1. The van der Waals surface area contributed by atoms with E-state index < -0.39 is 0 Å². The fourth-order valence-corrected chi connectivity index (χ4v) is 2.99. The fourth-order valence-electron chi connectivity index (χ4n) is 2.99. The van der Waals surface area contributed by atoms with Crippen LogP contribution in [0.4, 0.5) is 5.69 Å². The topological polar surface area (TPSA) is 79.8 Å². The van der Waals surface area contributed by atoms with Gasteiger partial charge in [-0.2, -0.15) is 0 Å². The number of anilines is 1. The molecule has 0 saturated carbocycles. The van der Waals surface area contributed by atoms with E-state index in [2.05, 4.69) is 15.3 Å². The van der Waals surface area contributed by atoms with Gasteiger partial charge in [0.05, 0.1) is 22.9 Å². The first-order chi connectivity index (χ1) is 12.1. The molecule has 2 aromatic heterocycles. The van der Waals surface area contributed by atoms with E-state index in [1.807, 2.05) is 49.5 Å². The highest BCUT2D eigenvalue weighted by Gasteiger charge is 2.11. The van der Waals surface area contributed by atoms with Crippen LogP contribution < -0.4 is 10.9 Å². The standard InChI is InChI=1S/C19H16N4O2/c1-12-4-2-5-14-18(12)21-11-23(19(14)25)10-17(24)22-16-7-3-6-15-13(16)8-9-20-15/h2-9,11,20H,10H2,1H3,(H,22,24). The molecule has 4 rings (SSSR count). The molecule has 0 saturated heterocycles. The molecule has 2 aromatic carbocycles. The molecule has 0 radical (unpaired) electrons. The molecule has 4 aromatic rings. The van der Waals surface area contributed by atoms with E-state index in [0.29, 0.717) is 16.6 Å². The normalized spacial score (nSPS) is 11.1. The van der Waals surface area contributed by atoms with Gasteiger partial charge in [0.2, 0.25) is 5.91 Å². The van der Waals surface area contributed by atoms with E-state index in [0.717, 1.165) is 16.5 Å². The van der Waals surface area contributed by atoms with Gasteiger partial charge < -0.3 is 10.3 Å². The Morgan fingerprint density at radius 2 is 2.00 bits per heavy atom. The predicted molar refractivity (Wildman–Crippen MR) is 97.7 cm³/mol. The molecule has 6 nitrogen and oxygen atoms in total. The van der Waals surface area contributed by atoms with E-state index in [9.17, 15) is 9.59 Å². The molecule has 0 aliphatic rings. The zero-order valence-corrected chi connectivity index (χ0v) is 13.6. The molecule has 124 valence electrons. The lowest BCUT2D eigenvalue weighted by Gasteiger charge is -2.09. The number of hydrogen-bond acceptors (Lipinski definition) is 3. The van der Waals surface area contributed by atoms with Crippen molar-refractivity contribution in [3.8, 4) is 0 Å². The third kappa shape index (κ3) is 2.67. The average Bonchev–Trinajstić information content (AvgIpc) is 3.08. The van der Waals surface area contributed by atoms with E-state index in [-0.39, 0.29) is 18.0 Å². The minimum Gasteiger partial charge on any atom is -0.361 e. The maximum Gasteiger partial charge on any atom is 0.261 e. The molecule has 0 aliphatic carbocycles. The summed E-state index contributed by atoms with van der Waals surface area (Å²) in [5.41, 5.74) is 3.04. The number of aromatic amines is 1. The lowest BCUT2D eigenvalue weighted by atomic mass is 10.1. The summed E-state index contributed by atoms with van der Waals surface area (Å²) in [5.74, 6) is -0.274. The summed E-state index contributed by atoms with van der Waals surface area (Å²) in [4.78, 5) is 32.4. The highest BCUT2D eigenvalue weighted by molar-refractivity contribution is 6.01. The third-order valence-corrected chi connectivity index (χ3v) is 4.24. The van der Waals surface area contributed by atoms with Gasteiger partial charge in [-0.15, -0.1) is 0 Å². The SMILES string of the molecule is Cc1cccc2c(=O)n(CC(=O)Nc3cccc4[nH]ccc34)cnc12. The smallest absolute Gasteiger partial charge is 0.261 e. The number of H-pyrrole nitrogens is 1. The zero-order valence-electron chi connectivity index (χ0n) is 13.6. The van der Waals surface area contributed by atoms with Crippen molar-refractivity contribution in [3.05, 3.63) is 70.9 Å². The maximum absolute atomic E-state index is 12.6. The molecule has 1 amide bonds. The van der Waals surface area contributed by atoms with Crippen molar-refractivity contribution in [1.29, 1.82) is 0 Å². The first kappa shape index (κ1) is 15.1. The van der Waals surface area contributed by atoms with Crippen molar-refractivity contribution in [2.24, 2.45) is 0 Å². The van der Waals surface area contributed by atoms with Crippen molar-refractivity contribution >= 4 is 33.4 Å². The number of rotatable bonds is 3. The van der Waals surface area contributed by atoms with Crippen LogP contribution in [-0.4, -0.2) is 20.4 Å². The number of fused-ring (bicyclic) bond motifs is 2. The van der Waals surface area contributed by atoms with Crippen molar-refractivity contribution in [3.63, 3.8) is 0 Å². The molecule has 25 heavy (non-hydrogen) atoms. The summed E-state index contributed by atoms with van der Waals surface area (Å²) in [6, 6.07) is 13.0. The van der Waals surface area contributed by atoms with Gasteiger partial charge in [0.15, 0.2) is 0 Å². The van der Waals surface area contributed by atoms with Crippen LogP contribution >= 0.6 is 0 Å². The Balaban J connectivity index is 1.63. The lowest BCUT2D eigenvalue weighted by Crippen LogP contribution is -2.28. The van der Waals surface area contributed by atoms with Crippen molar-refractivity contribution in [1.82, 2.24) is 14.5 Å². The number of carbonyl (C=O) groups is 1. The number of nitrogens with one attached hydrogen (secondary N) is 2. The minimum absolute atomic E-state index is 0.0868. The van der Waals surface area contributed by atoms with Gasteiger partial charge in [0.25, 0.3) is 5.56 Å². The maximum atomic E-state index is 12.6. The summed E-state index contributed by atoms with van der Waals surface area (Å²) < 4.78 is 1.33. The third-order valence-electron chi connectivity index (χ3n) is 4.24. The van der Waals surface area contributed by atoms with E-state index in [4.69, 9.17) is 0 Å². The van der Waals surface area contributed by atoms with Crippen molar-refractivity contribution < 1.29 is 4.79 Å². The molecule has 0 unspecified atom stereocenters. The summed E-state index contributed by atoms with van der Waals surface area (Å²) in [6.07, 6.45) is 3.24. The molecule has 6 heteroatoms. The molecule has 2 N–H and O–H groups in total.